The third-order valence-corrected chi connectivity index (χ3v) is 3.86. The van der Waals surface area contributed by atoms with Crippen LogP contribution < -0.4 is 16.4 Å². The summed E-state index contributed by atoms with van der Waals surface area (Å²) >= 11 is 0. The quantitative estimate of drug-likeness (QED) is 0.772. The molecule has 4 N–H and O–H groups in total. The number of nitrogens with one attached hydrogen (secondary N) is 2. The topological polar surface area (TPSA) is 67.1 Å². The number of amides is 1. The summed E-state index contributed by atoms with van der Waals surface area (Å²) in [6.07, 6.45) is 3.86. The minimum Gasteiger partial charge on any atom is -0.328 e. The van der Waals surface area contributed by atoms with Crippen LogP contribution >= 0.6 is 0 Å². The van der Waals surface area contributed by atoms with Crippen molar-refractivity contribution < 1.29 is 4.79 Å². The van der Waals surface area contributed by atoms with Crippen LogP contribution in [0.5, 0.6) is 0 Å². The summed E-state index contributed by atoms with van der Waals surface area (Å²) in [6, 6.07) is 8.20. The Morgan fingerprint density at radius 3 is 3.00 bits per heavy atom. The number of rotatable bonds is 5. The molecule has 1 aromatic rings. The molecule has 2 unspecified atom stereocenters. The molecule has 4 heteroatoms. The first kappa shape index (κ1) is 15.0. The lowest BCUT2D eigenvalue weighted by atomic mass is 9.85. The Balaban J connectivity index is 1.93. The van der Waals surface area contributed by atoms with Crippen LogP contribution in [0.2, 0.25) is 0 Å². The number of hydrogen-bond donors (Lipinski definition) is 3. The smallest absolute Gasteiger partial charge is 0.227 e. The Hall–Kier alpha value is -1.39. The SMILES string of the molecule is CCNCc1cccc(NC(=O)C2CCCC(N)C2)c1. The first-order chi connectivity index (χ1) is 9.69. The van der Waals surface area contributed by atoms with E-state index in [4.69, 9.17) is 5.73 Å². The summed E-state index contributed by atoms with van der Waals surface area (Å²) in [5, 5.41) is 6.31. The van der Waals surface area contributed by atoms with Gasteiger partial charge in [0, 0.05) is 24.2 Å². The predicted molar refractivity (Wildman–Crippen MR) is 82.4 cm³/mol. The number of nitrogens with two attached hydrogens (primary N) is 1. The zero-order valence-corrected chi connectivity index (χ0v) is 12.2. The molecule has 2 atom stereocenters. The first-order valence-corrected chi connectivity index (χ1v) is 7.55. The number of carbonyl (C=O) groups excluding carboxylic acids is 1. The summed E-state index contributed by atoms with van der Waals surface area (Å²) in [5.74, 6) is 0.178. The van der Waals surface area contributed by atoms with Gasteiger partial charge in [0.05, 0.1) is 0 Å². The van der Waals surface area contributed by atoms with Gasteiger partial charge in [-0.3, -0.25) is 4.79 Å². The lowest BCUT2D eigenvalue weighted by Crippen LogP contribution is -2.34. The van der Waals surface area contributed by atoms with Crippen molar-refractivity contribution in [3.05, 3.63) is 29.8 Å². The maximum absolute atomic E-state index is 12.3. The van der Waals surface area contributed by atoms with E-state index in [9.17, 15) is 4.79 Å². The van der Waals surface area contributed by atoms with E-state index in [2.05, 4.69) is 23.6 Å². The van der Waals surface area contributed by atoms with Crippen LogP contribution in [0.15, 0.2) is 24.3 Å². The zero-order chi connectivity index (χ0) is 14.4. The Morgan fingerprint density at radius 1 is 1.40 bits per heavy atom. The van der Waals surface area contributed by atoms with E-state index in [0.717, 1.165) is 44.5 Å². The van der Waals surface area contributed by atoms with Crippen molar-refractivity contribution in [2.24, 2.45) is 11.7 Å². The molecule has 0 saturated heterocycles. The van der Waals surface area contributed by atoms with E-state index in [1.165, 1.54) is 5.56 Å². The molecule has 0 radical (unpaired) electrons. The van der Waals surface area contributed by atoms with Crippen LogP contribution in [0.3, 0.4) is 0 Å². The van der Waals surface area contributed by atoms with Crippen molar-refractivity contribution in [1.82, 2.24) is 5.32 Å². The number of hydrogen-bond acceptors (Lipinski definition) is 3. The molecule has 0 bridgehead atoms. The minimum atomic E-state index is 0.0659. The maximum Gasteiger partial charge on any atom is 0.227 e. The predicted octanol–water partition coefficient (Wildman–Crippen LogP) is 2.25. The highest BCUT2D eigenvalue weighted by molar-refractivity contribution is 5.92. The van der Waals surface area contributed by atoms with Crippen LogP contribution in [0, 0.1) is 5.92 Å². The van der Waals surface area contributed by atoms with Gasteiger partial charge in [-0.25, -0.2) is 0 Å². The summed E-state index contributed by atoms with van der Waals surface area (Å²) < 4.78 is 0. The molecule has 0 aromatic heterocycles. The fraction of sp³-hybridized carbons (Fsp3) is 0.562. The average molecular weight is 275 g/mol. The van der Waals surface area contributed by atoms with Gasteiger partial charge in [0.15, 0.2) is 0 Å². The third kappa shape index (κ3) is 4.32. The van der Waals surface area contributed by atoms with Gasteiger partial charge < -0.3 is 16.4 Å². The van der Waals surface area contributed by atoms with Crippen molar-refractivity contribution in [3.8, 4) is 0 Å². The van der Waals surface area contributed by atoms with Crippen molar-refractivity contribution in [2.75, 3.05) is 11.9 Å². The van der Waals surface area contributed by atoms with Crippen LogP contribution in [-0.4, -0.2) is 18.5 Å². The van der Waals surface area contributed by atoms with Crippen LogP contribution in [-0.2, 0) is 11.3 Å². The van der Waals surface area contributed by atoms with E-state index in [0.29, 0.717) is 0 Å². The summed E-state index contributed by atoms with van der Waals surface area (Å²) in [6.45, 7) is 3.85. The van der Waals surface area contributed by atoms with Crippen molar-refractivity contribution in [2.45, 2.75) is 45.2 Å². The highest BCUT2D eigenvalue weighted by Crippen LogP contribution is 2.24. The van der Waals surface area contributed by atoms with Crippen LogP contribution in [0.4, 0.5) is 5.69 Å². The molecular formula is C16H25N3O. The lowest BCUT2D eigenvalue weighted by Gasteiger charge is -2.25. The van der Waals surface area contributed by atoms with E-state index < -0.39 is 0 Å². The molecule has 20 heavy (non-hydrogen) atoms. The van der Waals surface area contributed by atoms with E-state index in [-0.39, 0.29) is 17.9 Å². The lowest BCUT2D eigenvalue weighted by molar-refractivity contribution is -0.120. The Morgan fingerprint density at radius 2 is 2.25 bits per heavy atom. The number of carbonyl (C=O) groups is 1. The Kier molecular flexibility index (Phi) is 5.56. The molecular weight excluding hydrogens is 250 g/mol. The van der Waals surface area contributed by atoms with Gasteiger partial charge in [-0.15, -0.1) is 0 Å². The second kappa shape index (κ2) is 7.41. The fourth-order valence-corrected chi connectivity index (χ4v) is 2.74. The summed E-state index contributed by atoms with van der Waals surface area (Å²) in [5.41, 5.74) is 8.01. The van der Waals surface area contributed by atoms with Gasteiger partial charge in [0.1, 0.15) is 0 Å². The Labute approximate surface area is 121 Å². The highest BCUT2D eigenvalue weighted by Gasteiger charge is 2.25. The molecule has 110 valence electrons. The number of anilines is 1. The number of benzene rings is 1. The van der Waals surface area contributed by atoms with Crippen LogP contribution in [0.1, 0.15) is 38.2 Å². The molecule has 2 rings (SSSR count). The normalized spacial score (nSPS) is 22.5. The minimum absolute atomic E-state index is 0.0659. The second-order valence-corrected chi connectivity index (χ2v) is 5.59. The molecule has 1 saturated carbocycles. The van der Waals surface area contributed by atoms with E-state index in [1.807, 2.05) is 18.2 Å². The van der Waals surface area contributed by atoms with Gasteiger partial charge in [0.2, 0.25) is 5.91 Å². The van der Waals surface area contributed by atoms with Crippen molar-refractivity contribution in [1.29, 1.82) is 0 Å². The molecule has 1 aliphatic carbocycles. The second-order valence-electron chi connectivity index (χ2n) is 5.59. The zero-order valence-electron chi connectivity index (χ0n) is 12.2. The third-order valence-electron chi connectivity index (χ3n) is 3.86. The Bertz CT molecular complexity index is 447. The largest absolute Gasteiger partial charge is 0.328 e. The molecule has 1 aromatic carbocycles. The highest BCUT2D eigenvalue weighted by atomic mass is 16.1. The van der Waals surface area contributed by atoms with Gasteiger partial charge in [-0.05, 0) is 43.5 Å². The van der Waals surface area contributed by atoms with E-state index >= 15 is 0 Å². The van der Waals surface area contributed by atoms with Crippen molar-refractivity contribution in [3.63, 3.8) is 0 Å². The maximum atomic E-state index is 12.3. The van der Waals surface area contributed by atoms with Gasteiger partial charge in [0.25, 0.3) is 0 Å². The van der Waals surface area contributed by atoms with Crippen molar-refractivity contribution >= 4 is 11.6 Å². The average Bonchev–Trinajstić information content (AvgIpc) is 2.45. The molecule has 1 aliphatic rings. The van der Waals surface area contributed by atoms with Gasteiger partial charge in [-0.1, -0.05) is 25.5 Å². The summed E-state index contributed by atoms with van der Waals surface area (Å²) in [4.78, 5) is 12.3. The summed E-state index contributed by atoms with van der Waals surface area (Å²) in [7, 11) is 0. The molecule has 4 nitrogen and oxygen atoms in total. The molecule has 0 spiro atoms. The molecule has 0 aliphatic heterocycles. The molecule has 1 fully saturated rings. The fourth-order valence-electron chi connectivity index (χ4n) is 2.74. The van der Waals surface area contributed by atoms with E-state index in [1.54, 1.807) is 0 Å². The monoisotopic (exact) mass is 275 g/mol. The standard InChI is InChI=1S/C16H25N3O/c1-2-18-11-12-5-3-8-15(9-12)19-16(20)13-6-4-7-14(17)10-13/h3,5,8-9,13-14,18H,2,4,6-7,10-11,17H2,1H3,(H,19,20). The molecule has 1 amide bonds. The van der Waals surface area contributed by atoms with Gasteiger partial charge >= 0.3 is 0 Å². The molecule has 0 heterocycles. The first-order valence-electron chi connectivity index (χ1n) is 7.55. The van der Waals surface area contributed by atoms with Crippen LogP contribution in [0.25, 0.3) is 0 Å². The van der Waals surface area contributed by atoms with Gasteiger partial charge in [-0.2, -0.15) is 0 Å².